The SMILES string of the molecule is COc1ccc(OC)c(-c2csc(N(CCc3ccc(OC)c(OC)c3)C(=O)c3ccccc3)n2)c1. The van der Waals surface area contributed by atoms with Crippen LogP contribution >= 0.6 is 11.3 Å². The fourth-order valence-corrected chi connectivity index (χ4v) is 4.67. The van der Waals surface area contributed by atoms with Gasteiger partial charge in [0, 0.05) is 23.1 Å². The summed E-state index contributed by atoms with van der Waals surface area (Å²) in [6.45, 7) is 0.436. The second kappa shape index (κ2) is 11.6. The number of rotatable bonds is 10. The minimum absolute atomic E-state index is 0.116. The number of anilines is 1. The first-order valence-electron chi connectivity index (χ1n) is 11.3. The number of nitrogens with zero attached hydrogens (tertiary/aromatic N) is 2. The summed E-state index contributed by atoms with van der Waals surface area (Å²) in [6.07, 6.45) is 0.607. The molecule has 1 aromatic heterocycles. The third-order valence-corrected chi connectivity index (χ3v) is 6.61. The lowest BCUT2D eigenvalue weighted by Crippen LogP contribution is -2.32. The molecule has 0 aliphatic carbocycles. The maximum absolute atomic E-state index is 13.6. The lowest BCUT2D eigenvalue weighted by molar-refractivity contribution is 0.0987. The highest BCUT2D eigenvalue weighted by molar-refractivity contribution is 7.14. The maximum Gasteiger partial charge on any atom is 0.260 e. The average Bonchev–Trinajstić information content (AvgIpc) is 3.42. The van der Waals surface area contributed by atoms with Crippen molar-refractivity contribution in [3.63, 3.8) is 0 Å². The van der Waals surface area contributed by atoms with E-state index in [1.54, 1.807) is 33.3 Å². The van der Waals surface area contributed by atoms with Crippen molar-refractivity contribution in [2.75, 3.05) is 39.9 Å². The maximum atomic E-state index is 13.6. The summed E-state index contributed by atoms with van der Waals surface area (Å²) in [5, 5.41) is 2.53. The van der Waals surface area contributed by atoms with Crippen molar-refractivity contribution in [3.8, 4) is 34.3 Å². The van der Waals surface area contributed by atoms with Gasteiger partial charge in [-0.2, -0.15) is 0 Å². The van der Waals surface area contributed by atoms with Gasteiger partial charge in [-0.1, -0.05) is 24.3 Å². The Bertz CT molecular complexity index is 1320. The van der Waals surface area contributed by atoms with Crippen molar-refractivity contribution in [2.45, 2.75) is 6.42 Å². The van der Waals surface area contributed by atoms with Gasteiger partial charge in [-0.3, -0.25) is 9.69 Å². The number of carbonyl (C=O) groups is 1. The number of hydrogen-bond acceptors (Lipinski definition) is 7. The van der Waals surface area contributed by atoms with E-state index in [1.807, 2.05) is 72.1 Å². The number of methoxy groups -OCH3 is 4. The van der Waals surface area contributed by atoms with Gasteiger partial charge in [0.2, 0.25) is 0 Å². The van der Waals surface area contributed by atoms with E-state index in [9.17, 15) is 4.79 Å². The van der Waals surface area contributed by atoms with Crippen molar-refractivity contribution < 1.29 is 23.7 Å². The summed E-state index contributed by atoms with van der Waals surface area (Å²) in [5.74, 6) is 2.58. The number of carbonyl (C=O) groups excluding carboxylic acids is 1. The van der Waals surface area contributed by atoms with Gasteiger partial charge in [0.25, 0.3) is 5.91 Å². The zero-order valence-electron chi connectivity index (χ0n) is 20.7. The third-order valence-electron chi connectivity index (χ3n) is 5.74. The Kier molecular flexibility index (Phi) is 8.07. The first kappa shape index (κ1) is 25.1. The largest absolute Gasteiger partial charge is 0.497 e. The van der Waals surface area contributed by atoms with Crippen LogP contribution in [-0.2, 0) is 6.42 Å². The molecule has 0 aliphatic rings. The fourth-order valence-electron chi connectivity index (χ4n) is 3.82. The van der Waals surface area contributed by atoms with Gasteiger partial charge < -0.3 is 18.9 Å². The molecule has 0 fully saturated rings. The molecule has 0 spiro atoms. The smallest absolute Gasteiger partial charge is 0.260 e. The summed E-state index contributed by atoms with van der Waals surface area (Å²) in [4.78, 5) is 20.1. The van der Waals surface area contributed by atoms with Crippen LogP contribution in [0.5, 0.6) is 23.0 Å². The molecular weight excluding hydrogens is 476 g/mol. The van der Waals surface area contributed by atoms with Crippen LogP contribution in [-0.4, -0.2) is 45.9 Å². The molecule has 0 aliphatic heterocycles. The first-order valence-corrected chi connectivity index (χ1v) is 12.2. The Labute approximate surface area is 214 Å². The minimum atomic E-state index is -0.116. The summed E-state index contributed by atoms with van der Waals surface area (Å²) in [6, 6.07) is 20.6. The number of benzene rings is 3. The Morgan fingerprint density at radius 2 is 1.56 bits per heavy atom. The van der Waals surface area contributed by atoms with Crippen LogP contribution in [0.25, 0.3) is 11.3 Å². The third kappa shape index (κ3) is 5.44. The second-order valence-corrected chi connectivity index (χ2v) is 8.68. The van der Waals surface area contributed by atoms with E-state index < -0.39 is 0 Å². The van der Waals surface area contributed by atoms with Crippen LogP contribution < -0.4 is 23.8 Å². The Morgan fingerprint density at radius 1 is 0.833 bits per heavy atom. The molecule has 36 heavy (non-hydrogen) atoms. The number of thiazole rings is 1. The van der Waals surface area contributed by atoms with E-state index in [-0.39, 0.29) is 5.91 Å². The predicted molar refractivity (Wildman–Crippen MR) is 142 cm³/mol. The highest BCUT2D eigenvalue weighted by Crippen LogP contribution is 2.36. The topological polar surface area (TPSA) is 70.1 Å². The van der Waals surface area contributed by atoms with Gasteiger partial charge in [-0.25, -0.2) is 4.98 Å². The van der Waals surface area contributed by atoms with Crippen LogP contribution in [0.1, 0.15) is 15.9 Å². The lowest BCUT2D eigenvalue weighted by Gasteiger charge is -2.20. The molecule has 1 heterocycles. The van der Waals surface area contributed by atoms with Crippen molar-refractivity contribution in [1.29, 1.82) is 0 Å². The van der Waals surface area contributed by atoms with Crippen LogP contribution in [0.4, 0.5) is 5.13 Å². The molecular formula is C28H28N2O5S. The quantitative estimate of drug-likeness (QED) is 0.275. The van der Waals surface area contributed by atoms with E-state index in [4.69, 9.17) is 23.9 Å². The number of hydrogen-bond donors (Lipinski definition) is 0. The van der Waals surface area contributed by atoms with Crippen molar-refractivity contribution in [3.05, 3.63) is 83.2 Å². The van der Waals surface area contributed by atoms with Crippen LogP contribution in [0, 0.1) is 0 Å². The zero-order valence-corrected chi connectivity index (χ0v) is 21.5. The molecule has 0 radical (unpaired) electrons. The molecule has 0 N–H and O–H groups in total. The number of amides is 1. The molecule has 8 heteroatoms. The van der Waals surface area contributed by atoms with Gasteiger partial charge in [-0.05, 0) is 54.4 Å². The molecule has 4 rings (SSSR count). The molecule has 0 unspecified atom stereocenters. The monoisotopic (exact) mass is 504 g/mol. The van der Waals surface area contributed by atoms with E-state index in [0.717, 1.165) is 11.1 Å². The van der Waals surface area contributed by atoms with E-state index >= 15 is 0 Å². The molecule has 3 aromatic carbocycles. The summed E-state index contributed by atoms with van der Waals surface area (Å²) < 4.78 is 21.7. The zero-order chi connectivity index (χ0) is 25.5. The van der Waals surface area contributed by atoms with Crippen LogP contribution in [0.3, 0.4) is 0 Å². The molecule has 0 saturated carbocycles. The lowest BCUT2D eigenvalue weighted by atomic mass is 10.1. The molecule has 186 valence electrons. The summed E-state index contributed by atoms with van der Waals surface area (Å²) >= 11 is 1.41. The van der Waals surface area contributed by atoms with Gasteiger partial charge >= 0.3 is 0 Å². The standard InChI is InChI=1S/C28H28N2O5S/c1-32-21-11-13-24(33-2)22(17-21)23-18-36-28(29-23)30(27(31)20-8-6-5-7-9-20)15-14-19-10-12-25(34-3)26(16-19)35-4/h5-13,16-18H,14-15H2,1-4H3. The van der Waals surface area contributed by atoms with E-state index in [0.29, 0.717) is 52.4 Å². The highest BCUT2D eigenvalue weighted by Gasteiger charge is 2.22. The fraction of sp³-hybridized carbons (Fsp3) is 0.214. The Balaban J connectivity index is 1.67. The van der Waals surface area contributed by atoms with Gasteiger partial charge in [0.15, 0.2) is 16.6 Å². The van der Waals surface area contributed by atoms with Crippen molar-refractivity contribution >= 4 is 22.4 Å². The molecule has 0 bridgehead atoms. The number of aromatic nitrogens is 1. The highest BCUT2D eigenvalue weighted by atomic mass is 32.1. The van der Waals surface area contributed by atoms with Gasteiger partial charge in [-0.15, -0.1) is 11.3 Å². The van der Waals surface area contributed by atoms with E-state index in [1.165, 1.54) is 11.3 Å². The first-order chi connectivity index (χ1) is 17.6. The predicted octanol–water partition coefficient (Wildman–Crippen LogP) is 5.73. The summed E-state index contributed by atoms with van der Waals surface area (Å²) in [5.41, 5.74) is 3.12. The Morgan fingerprint density at radius 3 is 2.25 bits per heavy atom. The Hall–Kier alpha value is -4.04. The minimum Gasteiger partial charge on any atom is -0.497 e. The average molecular weight is 505 g/mol. The van der Waals surface area contributed by atoms with Crippen molar-refractivity contribution in [2.24, 2.45) is 0 Å². The van der Waals surface area contributed by atoms with Gasteiger partial charge in [0.05, 0.1) is 34.1 Å². The number of ether oxygens (including phenoxy) is 4. The van der Waals surface area contributed by atoms with E-state index in [2.05, 4.69) is 0 Å². The molecule has 4 aromatic rings. The van der Waals surface area contributed by atoms with Crippen molar-refractivity contribution in [1.82, 2.24) is 4.98 Å². The molecule has 0 saturated heterocycles. The summed E-state index contributed by atoms with van der Waals surface area (Å²) in [7, 11) is 6.45. The molecule has 1 amide bonds. The molecule has 7 nitrogen and oxygen atoms in total. The van der Waals surface area contributed by atoms with Gasteiger partial charge in [0.1, 0.15) is 11.5 Å². The van der Waals surface area contributed by atoms with Crippen LogP contribution in [0.15, 0.2) is 72.1 Å². The molecule has 0 atom stereocenters. The van der Waals surface area contributed by atoms with Crippen LogP contribution in [0.2, 0.25) is 0 Å². The second-order valence-electron chi connectivity index (χ2n) is 7.84. The normalized spacial score (nSPS) is 10.6.